The Bertz CT molecular complexity index is 213. The fourth-order valence-electron chi connectivity index (χ4n) is 1.62. The largest absolute Gasteiger partial charge is 0.357 e. The van der Waals surface area contributed by atoms with Gasteiger partial charge in [-0.25, -0.2) is 0 Å². The average Bonchev–Trinajstić information content (AvgIpc) is 3.04. The van der Waals surface area contributed by atoms with Crippen LogP contribution < -0.4 is 10.6 Å². The first kappa shape index (κ1) is 17.0. The van der Waals surface area contributed by atoms with E-state index in [9.17, 15) is 0 Å². The molecule has 1 aliphatic carbocycles. The van der Waals surface area contributed by atoms with Crippen molar-refractivity contribution in [3.05, 3.63) is 0 Å². The van der Waals surface area contributed by atoms with Crippen LogP contribution in [0, 0.1) is 11.8 Å². The normalized spacial score (nSPS) is 15.6. The third-order valence-electron chi connectivity index (χ3n) is 2.74. The smallest absolute Gasteiger partial charge is 0.191 e. The van der Waals surface area contributed by atoms with Gasteiger partial charge >= 0.3 is 0 Å². The van der Waals surface area contributed by atoms with Crippen molar-refractivity contribution in [2.75, 3.05) is 19.6 Å². The van der Waals surface area contributed by atoms with E-state index in [1.165, 1.54) is 25.7 Å². The Morgan fingerprint density at radius 1 is 1.29 bits per heavy atom. The van der Waals surface area contributed by atoms with Gasteiger partial charge in [-0.2, -0.15) is 0 Å². The van der Waals surface area contributed by atoms with Crippen molar-refractivity contribution in [3.63, 3.8) is 0 Å². The lowest BCUT2D eigenvalue weighted by molar-refractivity contribution is 0.634. The minimum Gasteiger partial charge on any atom is -0.357 e. The van der Waals surface area contributed by atoms with Crippen molar-refractivity contribution in [2.24, 2.45) is 16.8 Å². The van der Waals surface area contributed by atoms with Crippen LogP contribution in [0.5, 0.6) is 0 Å². The third kappa shape index (κ3) is 9.68. The molecule has 0 heterocycles. The zero-order chi connectivity index (χ0) is 11.8. The molecule has 0 unspecified atom stereocenters. The van der Waals surface area contributed by atoms with Gasteiger partial charge < -0.3 is 10.6 Å². The average molecular weight is 353 g/mol. The second-order valence-electron chi connectivity index (χ2n) is 5.13. The Balaban J connectivity index is 0.00000256. The number of guanidine groups is 1. The molecule has 17 heavy (non-hydrogen) atoms. The first-order valence-electron chi connectivity index (χ1n) is 6.74. The first-order chi connectivity index (χ1) is 7.72. The Morgan fingerprint density at radius 2 is 2.00 bits per heavy atom. The summed E-state index contributed by atoms with van der Waals surface area (Å²) in [6, 6.07) is 0. The second kappa shape index (κ2) is 9.97. The fourth-order valence-corrected chi connectivity index (χ4v) is 1.62. The van der Waals surface area contributed by atoms with E-state index in [1.54, 1.807) is 0 Å². The maximum atomic E-state index is 4.54. The summed E-state index contributed by atoms with van der Waals surface area (Å²) in [4.78, 5) is 4.54. The molecule has 1 rings (SSSR count). The molecule has 0 aromatic heterocycles. The van der Waals surface area contributed by atoms with E-state index in [0.29, 0.717) is 5.92 Å². The van der Waals surface area contributed by atoms with Crippen LogP contribution in [0.25, 0.3) is 0 Å². The number of nitrogens with zero attached hydrogens (tertiary/aromatic N) is 1. The molecule has 1 aliphatic rings. The zero-order valence-electron chi connectivity index (χ0n) is 11.5. The van der Waals surface area contributed by atoms with Gasteiger partial charge in [0.25, 0.3) is 0 Å². The summed E-state index contributed by atoms with van der Waals surface area (Å²) >= 11 is 0. The lowest BCUT2D eigenvalue weighted by Crippen LogP contribution is -2.38. The van der Waals surface area contributed by atoms with Crippen LogP contribution in [0.15, 0.2) is 4.99 Å². The van der Waals surface area contributed by atoms with Crippen molar-refractivity contribution in [1.29, 1.82) is 0 Å². The third-order valence-corrected chi connectivity index (χ3v) is 2.74. The van der Waals surface area contributed by atoms with Crippen molar-refractivity contribution in [3.8, 4) is 0 Å². The van der Waals surface area contributed by atoms with Crippen LogP contribution in [0.2, 0.25) is 0 Å². The molecule has 0 radical (unpaired) electrons. The van der Waals surface area contributed by atoms with E-state index in [2.05, 4.69) is 36.4 Å². The van der Waals surface area contributed by atoms with E-state index < -0.39 is 0 Å². The summed E-state index contributed by atoms with van der Waals surface area (Å²) in [5, 5.41) is 6.68. The highest BCUT2D eigenvalue weighted by molar-refractivity contribution is 14.0. The van der Waals surface area contributed by atoms with Crippen molar-refractivity contribution in [1.82, 2.24) is 10.6 Å². The molecule has 2 N–H and O–H groups in total. The summed E-state index contributed by atoms with van der Waals surface area (Å²) in [5.41, 5.74) is 0. The molecule has 0 amide bonds. The van der Waals surface area contributed by atoms with E-state index >= 15 is 0 Å². The Labute approximate surface area is 123 Å². The molecule has 4 heteroatoms. The molecular formula is C13H28IN3. The van der Waals surface area contributed by atoms with Gasteiger partial charge in [0, 0.05) is 19.6 Å². The first-order valence-corrected chi connectivity index (χ1v) is 6.74. The van der Waals surface area contributed by atoms with Crippen molar-refractivity contribution in [2.45, 2.75) is 46.5 Å². The topological polar surface area (TPSA) is 36.4 Å². The molecule has 1 saturated carbocycles. The van der Waals surface area contributed by atoms with Gasteiger partial charge in [-0.05, 0) is 31.6 Å². The van der Waals surface area contributed by atoms with Gasteiger partial charge in [-0.15, -0.1) is 24.0 Å². The van der Waals surface area contributed by atoms with Crippen LogP contribution in [-0.4, -0.2) is 25.6 Å². The summed E-state index contributed by atoms with van der Waals surface area (Å²) in [5.74, 6) is 2.64. The minimum absolute atomic E-state index is 0. The summed E-state index contributed by atoms with van der Waals surface area (Å²) in [6.45, 7) is 9.39. The molecule has 0 aromatic carbocycles. The number of hydrogen-bond donors (Lipinski definition) is 2. The van der Waals surface area contributed by atoms with E-state index in [4.69, 9.17) is 0 Å². The van der Waals surface area contributed by atoms with Gasteiger partial charge in [-0.3, -0.25) is 4.99 Å². The molecule has 0 aliphatic heterocycles. The van der Waals surface area contributed by atoms with Crippen molar-refractivity contribution < 1.29 is 0 Å². The van der Waals surface area contributed by atoms with E-state index in [-0.39, 0.29) is 24.0 Å². The van der Waals surface area contributed by atoms with Gasteiger partial charge in [0.05, 0.1) is 0 Å². The molecule has 0 bridgehead atoms. The molecular weight excluding hydrogens is 325 g/mol. The quantitative estimate of drug-likeness (QED) is 0.320. The molecule has 3 nitrogen and oxygen atoms in total. The molecule has 0 aromatic rings. The highest BCUT2D eigenvalue weighted by Gasteiger charge is 2.19. The van der Waals surface area contributed by atoms with Crippen LogP contribution in [-0.2, 0) is 0 Å². The SMILES string of the molecule is CCNC(=NCC(C)C)NCCCC1CC1.I. The van der Waals surface area contributed by atoms with Crippen LogP contribution in [0.1, 0.15) is 46.5 Å². The van der Waals surface area contributed by atoms with E-state index in [0.717, 1.165) is 31.5 Å². The summed E-state index contributed by atoms with van der Waals surface area (Å²) < 4.78 is 0. The summed E-state index contributed by atoms with van der Waals surface area (Å²) in [7, 11) is 0. The second-order valence-corrected chi connectivity index (χ2v) is 5.13. The standard InChI is InChI=1S/C13H27N3.HI/c1-4-14-13(16-10-11(2)3)15-9-5-6-12-7-8-12;/h11-12H,4-10H2,1-3H3,(H2,14,15,16);1H. The van der Waals surface area contributed by atoms with Crippen LogP contribution in [0.4, 0.5) is 0 Å². The van der Waals surface area contributed by atoms with Crippen LogP contribution >= 0.6 is 24.0 Å². The Hall–Kier alpha value is 0. The predicted molar refractivity (Wildman–Crippen MR) is 86.2 cm³/mol. The van der Waals surface area contributed by atoms with Crippen molar-refractivity contribution >= 4 is 29.9 Å². The monoisotopic (exact) mass is 353 g/mol. The highest BCUT2D eigenvalue weighted by atomic mass is 127. The maximum Gasteiger partial charge on any atom is 0.191 e. The highest BCUT2D eigenvalue weighted by Crippen LogP contribution is 2.33. The predicted octanol–water partition coefficient (Wildman–Crippen LogP) is 3.01. The Kier molecular flexibility index (Phi) is 9.97. The van der Waals surface area contributed by atoms with E-state index in [1.807, 2.05) is 0 Å². The molecule has 102 valence electrons. The number of nitrogens with one attached hydrogen (secondary N) is 2. The summed E-state index contributed by atoms with van der Waals surface area (Å²) in [6.07, 6.45) is 5.58. The number of rotatable bonds is 7. The number of aliphatic imine (C=N–C) groups is 1. The molecule has 0 saturated heterocycles. The number of halogens is 1. The maximum absolute atomic E-state index is 4.54. The van der Waals surface area contributed by atoms with Crippen LogP contribution in [0.3, 0.4) is 0 Å². The lowest BCUT2D eigenvalue weighted by Gasteiger charge is -2.11. The zero-order valence-corrected chi connectivity index (χ0v) is 13.8. The van der Waals surface area contributed by atoms with Gasteiger partial charge in [-0.1, -0.05) is 26.7 Å². The molecule has 0 atom stereocenters. The minimum atomic E-state index is 0. The molecule has 1 fully saturated rings. The molecule has 0 spiro atoms. The lowest BCUT2D eigenvalue weighted by atomic mass is 10.2. The Morgan fingerprint density at radius 3 is 2.53 bits per heavy atom. The van der Waals surface area contributed by atoms with Gasteiger partial charge in [0.15, 0.2) is 5.96 Å². The van der Waals surface area contributed by atoms with Gasteiger partial charge in [0.1, 0.15) is 0 Å². The number of hydrogen-bond acceptors (Lipinski definition) is 1. The van der Waals surface area contributed by atoms with Gasteiger partial charge in [0.2, 0.25) is 0 Å². The fraction of sp³-hybridized carbons (Fsp3) is 0.923.